The molecule has 0 aliphatic carbocycles. The summed E-state index contributed by atoms with van der Waals surface area (Å²) in [5.74, 6) is 0.124. The van der Waals surface area contributed by atoms with Gasteiger partial charge in [0.1, 0.15) is 5.76 Å². The van der Waals surface area contributed by atoms with E-state index >= 15 is 0 Å². The van der Waals surface area contributed by atoms with E-state index in [1.165, 1.54) is 10.4 Å². The van der Waals surface area contributed by atoms with Gasteiger partial charge in [0.25, 0.3) is 10.0 Å². The van der Waals surface area contributed by atoms with Crippen molar-refractivity contribution in [1.29, 1.82) is 0 Å². The number of amides is 1. The number of hydrogen-bond donors (Lipinski definition) is 1. The van der Waals surface area contributed by atoms with Crippen molar-refractivity contribution >= 4 is 15.9 Å². The van der Waals surface area contributed by atoms with Gasteiger partial charge in [-0.3, -0.25) is 9.69 Å². The van der Waals surface area contributed by atoms with Crippen LogP contribution in [0.1, 0.15) is 29.7 Å². The van der Waals surface area contributed by atoms with Crippen LogP contribution in [0.15, 0.2) is 45.9 Å². The number of rotatable bonds is 5. The van der Waals surface area contributed by atoms with E-state index < -0.39 is 16.1 Å². The van der Waals surface area contributed by atoms with Crippen LogP contribution in [0.2, 0.25) is 0 Å². The fourth-order valence-corrected chi connectivity index (χ4v) is 5.31. The highest BCUT2D eigenvalue weighted by Crippen LogP contribution is 2.27. The molecule has 0 radical (unpaired) electrons. The van der Waals surface area contributed by atoms with Crippen LogP contribution in [-0.4, -0.2) is 42.7 Å². The van der Waals surface area contributed by atoms with Crippen LogP contribution in [0.3, 0.4) is 0 Å². The zero-order valence-electron chi connectivity index (χ0n) is 15.0. The molecule has 2 aliphatic rings. The van der Waals surface area contributed by atoms with Crippen molar-refractivity contribution in [1.82, 2.24) is 9.21 Å². The molecule has 0 spiro atoms. The lowest BCUT2D eigenvalue weighted by molar-refractivity contribution is -0.124. The standard InChI is InChI=1S/C19H23N3O4S/c20-19(23)17-11-14-5-1-2-6-15(14)12-21(17)13-16-7-8-18(26-16)27(24,25)22-9-3-4-10-22/h1-2,5-8,17H,3-4,9-13H2,(H2,20,23)/t17-/m1/s1. The van der Waals surface area contributed by atoms with Gasteiger partial charge in [0.2, 0.25) is 11.0 Å². The van der Waals surface area contributed by atoms with Crippen molar-refractivity contribution in [2.24, 2.45) is 5.73 Å². The van der Waals surface area contributed by atoms with E-state index in [2.05, 4.69) is 0 Å². The largest absolute Gasteiger partial charge is 0.447 e. The smallest absolute Gasteiger partial charge is 0.276 e. The Morgan fingerprint density at radius 3 is 2.52 bits per heavy atom. The van der Waals surface area contributed by atoms with E-state index in [1.807, 2.05) is 29.2 Å². The third kappa shape index (κ3) is 3.52. The maximum absolute atomic E-state index is 12.6. The van der Waals surface area contributed by atoms with E-state index in [0.29, 0.717) is 38.4 Å². The molecular formula is C19H23N3O4S. The van der Waals surface area contributed by atoms with Crippen LogP contribution in [0.4, 0.5) is 0 Å². The van der Waals surface area contributed by atoms with Gasteiger partial charge < -0.3 is 10.2 Å². The first kappa shape index (κ1) is 18.2. The molecule has 0 bridgehead atoms. The van der Waals surface area contributed by atoms with Gasteiger partial charge in [0.05, 0.1) is 12.6 Å². The molecule has 27 heavy (non-hydrogen) atoms. The summed E-state index contributed by atoms with van der Waals surface area (Å²) in [5.41, 5.74) is 7.88. The predicted octanol–water partition coefficient (Wildman–Crippen LogP) is 1.48. The van der Waals surface area contributed by atoms with Crippen molar-refractivity contribution in [3.8, 4) is 0 Å². The summed E-state index contributed by atoms with van der Waals surface area (Å²) in [4.78, 5) is 13.9. The Hall–Kier alpha value is -2.16. The summed E-state index contributed by atoms with van der Waals surface area (Å²) in [7, 11) is -3.58. The summed E-state index contributed by atoms with van der Waals surface area (Å²) in [5, 5.41) is -0.0348. The van der Waals surface area contributed by atoms with Crippen molar-refractivity contribution in [3.63, 3.8) is 0 Å². The number of hydrogen-bond acceptors (Lipinski definition) is 5. The summed E-state index contributed by atoms with van der Waals surface area (Å²) < 4.78 is 32.4. The normalized spacial score (nSPS) is 21.3. The highest BCUT2D eigenvalue weighted by Gasteiger charge is 2.32. The van der Waals surface area contributed by atoms with Crippen LogP contribution in [0.5, 0.6) is 0 Å². The monoisotopic (exact) mass is 389 g/mol. The maximum atomic E-state index is 12.6. The fraction of sp³-hybridized carbons (Fsp3) is 0.421. The Labute approximate surface area is 158 Å². The van der Waals surface area contributed by atoms with E-state index in [9.17, 15) is 13.2 Å². The lowest BCUT2D eigenvalue weighted by atomic mass is 9.93. The first-order chi connectivity index (χ1) is 12.9. The van der Waals surface area contributed by atoms with Gasteiger partial charge in [0.15, 0.2) is 0 Å². The topological polar surface area (TPSA) is 96.8 Å². The van der Waals surface area contributed by atoms with E-state index in [4.69, 9.17) is 10.2 Å². The SMILES string of the molecule is NC(=O)[C@H]1Cc2ccccc2CN1Cc1ccc(S(=O)(=O)N2CCCC2)o1. The van der Waals surface area contributed by atoms with Crippen molar-refractivity contribution in [2.75, 3.05) is 13.1 Å². The molecule has 3 heterocycles. The Morgan fingerprint density at radius 2 is 1.81 bits per heavy atom. The number of nitrogens with zero attached hydrogens (tertiary/aromatic N) is 2. The van der Waals surface area contributed by atoms with E-state index in [0.717, 1.165) is 24.0 Å². The molecule has 1 aromatic carbocycles. The molecule has 1 amide bonds. The van der Waals surface area contributed by atoms with Gasteiger partial charge in [-0.25, -0.2) is 8.42 Å². The van der Waals surface area contributed by atoms with Gasteiger partial charge in [-0.05, 0) is 42.5 Å². The quantitative estimate of drug-likeness (QED) is 0.835. The molecule has 0 saturated carbocycles. The molecule has 4 rings (SSSR count). The average molecular weight is 389 g/mol. The number of sulfonamides is 1. The van der Waals surface area contributed by atoms with E-state index in [1.54, 1.807) is 6.07 Å². The van der Waals surface area contributed by atoms with Crippen LogP contribution in [0, 0.1) is 0 Å². The Morgan fingerprint density at radius 1 is 1.11 bits per heavy atom. The second-order valence-corrected chi connectivity index (χ2v) is 9.00. The zero-order chi connectivity index (χ0) is 19.0. The first-order valence-corrected chi connectivity index (χ1v) is 10.6. The highest BCUT2D eigenvalue weighted by atomic mass is 32.2. The number of fused-ring (bicyclic) bond motifs is 1. The van der Waals surface area contributed by atoms with Gasteiger partial charge in [-0.1, -0.05) is 24.3 Å². The number of nitrogens with two attached hydrogens (primary N) is 1. The number of furan rings is 1. The molecule has 2 aliphatic heterocycles. The van der Waals surface area contributed by atoms with Gasteiger partial charge in [-0.15, -0.1) is 0 Å². The fourth-order valence-electron chi connectivity index (χ4n) is 3.86. The van der Waals surface area contributed by atoms with Crippen LogP contribution >= 0.6 is 0 Å². The minimum atomic E-state index is -3.58. The lowest BCUT2D eigenvalue weighted by Gasteiger charge is -2.34. The summed E-state index contributed by atoms with van der Waals surface area (Å²) in [6, 6.07) is 10.7. The molecule has 7 nitrogen and oxygen atoms in total. The highest BCUT2D eigenvalue weighted by molar-refractivity contribution is 7.89. The summed E-state index contributed by atoms with van der Waals surface area (Å²) >= 11 is 0. The second-order valence-electron chi connectivity index (χ2n) is 7.13. The molecule has 1 saturated heterocycles. The third-order valence-corrected chi connectivity index (χ3v) is 7.10. The second kappa shape index (κ2) is 7.10. The minimum absolute atomic E-state index is 0.0348. The molecule has 2 aromatic rings. The summed E-state index contributed by atoms with van der Waals surface area (Å²) in [6.07, 6.45) is 2.30. The number of carbonyl (C=O) groups is 1. The number of carbonyl (C=O) groups excluding carboxylic acids is 1. The first-order valence-electron chi connectivity index (χ1n) is 9.14. The predicted molar refractivity (Wildman–Crippen MR) is 99.1 cm³/mol. The third-order valence-electron chi connectivity index (χ3n) is 5.33. The Bertz CT molecular complexity index is 947. The lowest BCUT2D eigenvalue weighted by Crippen LogP contribution is -2.48. The zero-order valence-corrected chi connectivity index (χ0v) is 15.8. The molecule has 144 valence electrons. The molecule has 1 fully saturated rings. The summed E-state index contributed by atoms with van der Waals surface area (Å²) in [6.45, 7) is 1.96. The average Bonchev–Trinajstić information content (AvgIpc) is 3.33. The van der Waals surface area contributed by atoms with Crippen LogP contribution in [0.25, 0.3) is 0 Å². The number of primary amides is 1. The minimum Gasteiger partial charge on any atom is -0.447 e. The van der Waals surface area contributed by atoms with Crippen molar-refractivity contribution < 1.29 is 17.6 Å². The maximum Gasteiger partial charge on any atom is 0.276 e. The van der Waals surface area contributed by atoms with E-state index in [-0.39, 0.29) is 11.0 Å². The number of benzene rings is 1. The van der Waals surface area contributed by atoms with Gasteiger partial charge in [0, 0.05) is 19.6 Å². The molecule has 2 N–H and O–H groups in total. The Balaban J connectivity index is 1.55. The van der Waals surface area contributed by atoms with Crippen LogP contribution < -0.4 is 5.73 Å². The Kier molecular flexibility index (Phi) is 4.79. The molecule has 0 unspecified atom stereocenters. The van der Waals surface area contributed by atoms with Crippen LogP contribution in [-0.2, 0) is 34.3 Å². The molecule has 1 atom stereocenters. The van der Waals surface area contributed by atoms with Gasteiger partial charge in [-0.2, -0.15) is 4.31 Å². The molecule has 1 aromatic heterocycles. The van der Waals surface area contributed by atoms with Crippen molar-refractivity contribution in [2.45, 2.75) is 43.5 Å². The van der Waals surface area contributed by atoms with Gasteiger partial charge >= 0.3 is 0 Å². The molecule has 8 heteroatoms. The molecular weight excluding hydrogens is 366 g/mol. The van der Waals surface area contributed by atoms with Crippen molar-refractivity contribution in [3.05, 3.63) is 53.3 Å².